The SMILES string of the molecule is COc1c(OC2CC3CCC2(C)C3(C)C)nc[nH]c1=O. The first-order chi connectivity index (χ1) is 9.40. The van der Waals surface area contributed by atoms with Crippen molar-refractivity contribution in [2.24, 2.45) is 16.7 Å². The molecule has 0 spiro atoms. The molecule has 5 nitrogen and oxygen atoms in total. The van der Waals surface area contributed by atoms with Gasteiger partial charge in [0.25, 0.3) is 11.4 Å². The van der Waals surface area contributed by atoms with E-state index in [4.69, 9.17) is 9.47 Å². The lowest BCUT2D eigenvalue weighted by atomic mass is 9.70. The van der Waals surface area contributed by atoms with Gasteiger partial charge in [-0.25, -0.2) is 4.98 Å². The van der Waals surface area contributed by atoms with Gasteiger partial charge < -0.3 is 14.5 Å². The van der Waals surface area contributed by atoms with Gasteiger partial charge in [0.2, 0.25) is 5.75 Å². The van der Waals surface area contributed by atoms with Crippen LogP contribution in [0, 0.1) is 16.7 Å². The Balaban J connectivity index is 1.91. The number of fused-ring (bicyclic) bond motifs is 2. The molecule has 3 atom stereocenters. The largest absolute Gasteiger partial charge is 0.487 e. The number of H-pyrrole nitrogens is 1. The second kappa shape index (κ2) is 4.24. The van der Waals surface area contributed by atoms with E-state index in [-0.39, 0.29) is 28.2 Å². The third-order valence-electron chi connectivity index (χ3n) is 5.95. The summed E-state index contributed by atoms with van der Waals surface area (Å²) in [5, 5.41) is 0. The normalized spacial score (nSPS) is 34.2. The Hall–Kier alpha value is -1.52. The average Bonchev–Trinajstić information content (AvgIpc) is 2.72. The minimum absolute atomic E-state index is 0.0967. The molecule has 5 heteroatoms. The molecule has 1 aromatic rings. The summed E-state index contributed by atoms with van der Waals surface area (Å²) in [4.78, 5) is 18.3. The molecule has 20 heavy (non-hydrogen) atoms. The van der Waals surface area contributed by atoms with Crippen molar-refractivity contribution in [3.8, 4) is 11.6 Å². The quantitative estimate of drug-likeness (QED) is 0.922. The molecule has 1 heterocycles. The van der Waals surface area contributed by atoms with E-state index in [1.807, 2.05) is 0 Å². The van der Waals surface area contributed by atoms with Crippen LogP contribution in [-0.2, 0) is 0 Å². The molecular weight excluding hydrogens is 256 g/mol. The number of rotatable bonds is 3. The van der Waals surface area contributed by atoms with E-state index in [1.165, 1.54) is 26.3 Å². The lowest BCUT2D eigenvalue weighted by Crippen LogP contribution is -2.39. The van der Waals surface area contributed by atoms with Gasteiger partial charge >= 0.3 is 0 Å². The van der Waals surface area contributed by atoms with Crippen molar-refractivity contribution >= 4 is 0 Å². The van der Waals surface area contributed by atoms with Crippen LogP contribution in [0.3, 0.4) is 0 Å². The molecule has 0 aliphatic heterocycles. The maximum atomic E-state index is 11.7. The van der Waals surface area contributed by atoms with Gasteiger partial charge in [0.15, 0.2) is 0 Å². The summed E-state index contributed by atoms with van der Waals surface area (Å²) in [5.74, 6) is 1.16. The zero-order valence-corrected chi connectivity index (χ0v) is 12.5. The Bertz CT molecular complexity index is 581. The summed E-state index contributed by atoms with van der Waals surface area (Å²) in [7, 11) is 1.46. The van der Waals surface area contributed by atoms with Crippen molar-refractivity contribution < 1.29 is 9.47 Å². The Labute approximate surface area is 118 Å². The molecule has 2 bridgehead atoms. The molecule has 1 N–H and O–H groups in total. The van der Waals surface area contributed by atoms with Gasteiger partial charge in [0, 0.05) is 5.41 Å². The van der Waals surface area contributed by atoms with Crippen LogP contribution in [0.1, 0.15) is 40.0 Å². The maximum Gasteiger partial charge on any atom is 0.297 e. The van der Waals surface area contributed by atoms with Crippen LogP contribution in [0.25, 0.3) is 0 Å². The highest BCUT2D eigenvalue weighted by Gasteiger charge is 2.62. The Morgan fingerprint density at radius 2 is 2.15 bits per heavy atom. The average molecular weight is 278 g/mol. The molecule has 0 aromatic carbocycles. The minimum Gasteiger partial charge on any atom is -0.487 e. The predicted molar refractivity (Wildman–Crippen MR) is 75.1 cm³/mol. The first-order valence-electron chi connectivity index (χ1n) is 7.18. The summed E-state index contributed by atoms with van der Waals surface area (Å²) in [6, 6.07) is 0. The van der Waals surface area contributed by atoms with Crippen LogP contribution < -0.4 is 15.0 Å². The van der Waals surface area contributed by atoms with Gasteiger partial charge in [0.05, 0.1) is 13.4 Å². The van der Waals surface area contributed by atoms with Crippen molar-refractivity contribution in [1.29, 1.82) is 0 Å². The van der Waals surface area contributed by atoms with Gasteiger partial charge in [-0.15, -0.1) is 0 Å². The van der Waals surface area contributed by atoms with Crippen molar-refractivity contribution in [3.05, 3.63) is 16.7 Å². The van der Waals surface area contributed by atoms with E-state index in [0.29, 0.717) is 11.8 Å². The zero-order valence-electron chi connectivity index (χ0n) is 12.5. The summed E-state index contributed by atoms with van der Waals surface area (Å²) < 4.78 is 11.2. The molecule has 0 radical (unpaired) electrons. The third kappa shape index (κ3) is 1.61. The number of hydrogen-bond acceptors (Lipinski definition) is 4. The number of ether oxygens (including phenoxy) is 2. The third-order valence-corrected chi connectivity index (χ3v) is 5.95. The number of nitrogens with one attached hydrogen (secondary N) is 1. The predicted octanol–water partition coefficient (Wildman–Crippen LogP) is 2.37. The fraction of sp³-hybridized carbons (Fsp3) is 0.733. The molecule has 2 aliphatic rings. The van der Waals surface area contributed by atoms with E-state index in [1.54, 1.807) is 0 Å². The fourth-order valence-corrected chi connectivity index (χ4v) is 4.08. The maximum absolute atomic E-state index is 11.7. The fourth-order valence-electron chi connectivity index (χ4n) is 4.08. The summed E-state index contributed by atoms with van der Waals surface area (Å²) in [5.41, 5.74) is 0.101. The monoisotopic (exact) mass is 278 g/mol. The summed E-state index contributed by atoms with van der Waals surface area (Å²) >= 11 is 0. The number of methoxy groups -OCH3 is 1. The lowest BCUT2D eigenvalue weighted by molar-refractivity contribution is 0.0253. The van der Waals surface area contributed by atoms with Crippen LogP contribution in [0.15, 0.2) is 11.1 Å². The zero-order chi connectivity index (χ0) is 14.5. The van der Waals surface area contributed by atoms with Crippen molar-refractivity contribution in [3.63, 3.8) is 0 Å². The van der Waals surface area contributed by atoms with E-state index in [2.05, 4.69) is 30.7 Å². The van der Waals surface area contributed by atoms with Gasteiger partial charge in [-0.3, -0.25) is 4.79 Å². The van der Waals surface area contributed by atoms with Crippen molar-refractivity contribution in [1.82, 2.24) is 9.97 Å². The second-order valence-corrected chi connectivity index (χ2v) is 6.79. The second-order valence-electron chi connectivity index (χ2n) is 6.79. The minimum atomic E-state index is -0.301. The van der Waals surface area contributed by atoms with Crippen molar-refractivity contribution in [2.45, 2.75) is 46.1 Å². The van der Waals surface area contributed by atoms with Crippen LogP contribution >= 0.6 is 0 Å². The molecule has 0 saturated heterocycles. The summed E-state index contributed by atoms with van der Waals surface area (Å²) in [6.07, 6.45) is 4.92. The lowest BCUT2D eigenvalue weighted by Gasteiger charge is -2.38. The van der Waals surface area contributed by atoms with Crippen LogP contribution in [0.2, 0.25) is 0 Å². The van der Waals surface area contributed by atoms with Crippen LogP contribution in [0.5, 0.6) is 11.6 Å². The summed E-state index contributed by atoms with van der Waals surface area (Å²) in [6.45, 7) is 6.96. The molecule has 3 unspecified atom stereocenters. The van der Waals surface area contributed by atoms with Gasteiger partial charge in [0.1, 0.15) is 6.10 Å². The molecular formula is C15H22N2O3. The van der Waals surface area contributed by atoms with E-state index < -0.39 is 0 Å². The molecule has 0 amide bonds. The molecule has 2 aliphatic carbocycles. The smallest absolute Gasteiger partial charge is 0.297 e. The highest BCUT2D eigenvalue weighted by Crippen LogP contribution is 2.66. The molecule has 2 fully saturated rings. The molecule has 1 aromatic heterocycles. The number of aromatic amines is 1. The van der Waals surface area contributed by atoms with Crippen LogP contribution in [0.4, 0.5) is 0 Å². The number of nitrogens with zero attached hydrogens (tertiary/aromatic N) is 1. The first-order valence-corrected chi connectivity index (χ1v) is 7.18. The number of hydrogen-bond donors (Lipinski definition) is 1. The number of aromatic nitrogens is 2. The Morgan fingerprint density at radius 1 is 1.40 bits per heavy atom. The molecule has 110 valence electrons. The van der Waals surface area contributed by atoms with Gasteiger partial charge in [-0.1, -0.05) is 20.8 Å². The van der Waals surface area contributed by atoms with Gasteiger partial charge in [-0.2, -0.15) is 0 Å². The Kier molecular flexibility index (Phi) is 2.85. The highest BCUT2D eigenvalue weighted by atomic mass is 16.5. The van der Waals surface area contributed by atoms with E-state index >= 15 is 0 Å². The van der Waals surface area contributed by atoms with E-state index in [0.717, 1.165) is 6.42 Å². The molecule has 3 rings (SSSR count). The van der Waals surface area contributed by atoms with E-state index in [9.17, 15) is 4.79 Å². The standard InChI is InChI=1S/C15H22N2O3/c1-14(2)9-5-6-15(14,3)10(7-9)20-13-11(19-4)12(18)16-8-17-13/h8-10H,5-7H2,1-4H3,(H,16,17,18). The van der Waals surface area contributed by atoms with Crippen molar-refractivity contribution in [2.75, 3.05) is 7.11 Å². The van der Waals surface area contributed by atoms with Crippen LogP contribution in [-0.4, -0.2) is 23.2 Å². The first kappa shape index (κ1) is 13.5. The topological polar surface area (TPSA) is 64.2 Å². The molecule has 2 saturated carbocycles. The highest BCUT2D eigenvalue weighted by molar-refractivity contribution is 5.30. The Morgan fingerprint density at radius 3 is 2.70 bits per heavy atom. The van der Waals surface area contributed by atoms with Gasteiger partial charge in [-0.05, 0) is 30.6 Å².